The number of rotatable bonds is 6. The molecule has 0 aromatic heterocycles. The number of carbonyl (C=O) groups excluding carboxylic acids is 1. The van der Waals surface area contributed by atoms with Crippen molar-refractivity contribution in [3.8, 4) is 5.75 Å². The highest BCUT2D eigenvalue weighted by atomic mass is 16.5. The van der Waals surface area contributed by atoms with Gasteiger partial charge in [0.15, 0.2) is 0 Å². The number of esters is 1. The number of aryl methyl sites for hydroxylation is 2. The lowest BCUT2D eigenvalue weighted by Gasteiger charge is -2.25. The molecule has 0 aliphatic carbocycles. The Morgan fingerprint density at radius 3 is 2.21 bits per heavy atom. The van der Waals surface area contributed by atoms with E-state index in [9.17, 15) is 4.79 Å². The van der Waals surface area contributed by atoms with Gasteiger partial charge in [0.1, 0.15) is 12.4 Å². The van der Waals surface area contributed by atoms with E-state index in [-0.39, 0.29) is 12.1 Å². The molecule has 1 heterocycles. The zero-order valence-corrected chi connectivity index (χ0v) is 15.9. The van der Waals surface area contributed by atoms with Crippen molar-refractivity contribution >= 4 is 5.97 Å². The van der Waals surface area contributed by atoms with E-state index >= 15 is 0 Å². The fourth-order valence-electron chi connectivity index (χ4n) is 3.59. The molecular formula is C20H31NO3. The second-order valence-corrected chi connectivity index (χ2v) is 7.25. The van der Waals surface area contributed by atoms with E-state index in [0.717, 1.165) is 23.4 Å². The Bertz CT molecular complexity index is 549. The normalized spacial score (nSPS) is 21.3. The van der Waals surface area contributed by atoms with Gasteiger partial charge in [-0.05, 0) is 77.6 Å². The van der Waals surface area contributed by atoms with E-state index in [2.05, 4.69) is 18.7 Å². The Morgan fingerprint density at radius 1 is 1.17 bits per heavy atom. The van der Waals surface area contributed by atoms with Crippen LogP contribution in [0.15, 0.2) is 12.1 Å². The Kier molecular flexibility index (Phi) is 6.27. The largest absolute Gasteiger partial charge is 0.491 e. The van der Waals surface area contributed by atoms with Crippen molar-refractivity contribution in [2.75, 3.05) is 13.2 Å². The summed E-state index contributed by atoms with van der Waals surface area (Å²) in [7, 11) is 0. The second kappa shape index (κ2) is 8.02. The standard InChI is InChI=1S/C20H31NO3/c1-13(2)24-18-11-14(3)19(15(4)12-18)20(22)23-10-9-21-16(5)7-8-17(21)6/h11-13,16-17H,7-10H2,1-6H3. The minimum atomic E-state index is -0.236. The van der Waals surface area contributed by atoms with E-state index in [0.29, 0.717) is 24.3 Å². The van der Waals surface area contributed by atoms with Crippen LogP contribution in [0.3, 0.4) is 0 Å². The minimum Gasteiger partial charge on any atom is -0.491 e. The topological polar surface area (TPSA) is 38.8 Å². The molecule has 4 nitrogen and oxygen atoms in total. The lowest BCUT2D eigenvalue weighted by Crippen LogP contribution is -2.36. The number of ether oxygens (including phenoxy) is 2. The predicted octanol–water partition coefficient (Wildman–Crippen LogP) is 4.12. The molecule has 1 fully saturated rings. The van der Waals surface area contributed by atoms with Gasteiger partial charge < -0.3 is 9.47 Å². The quantitative estimate of drug-likeness (QED) is 0.734. The number of benzene rings is 1. The van der Waals surface area contributed by atoms with Gasteiger partial charge in [0.2, 0.25) is 0 Å². The molecule has 2 rings (SSSR count). The van der Waals surface area contributed by atoms with E-state index in [1.807, 2.05) is 39.8 Å². The van der Waals surface area contributed by atoms with E-state index in [1.165, 1.54) is 12.8 Å². The van der Waals surface area contributed by atoms with Crippen LogP contribution in [-0.4, -0.2) is 42.2 Å². The molecule has 0 N–H and O–H groups in total. The Morgan fingerprint density at radius 2 is 1.71 bits per heavy atom. The minimum absolute atomic E-state index is 0.117. The van der Waals surface area contributed by atoms with E-state index in [4.69, 9.17) is 9.47 Å². The molecule has 0 amide bonds. The molecule has 1 aromatic rings. The van der Waals surface area contributed by atoms with E-state index in [1.54, 1.807) is 0 Å². The van der Waals surface area contributed by atoms with Crippen LogP contribution < -0.4 is 4.74 Å². The average molecular weight is 333 g/mol. The number of nitrogens with zero attached hydrogens (tertiary/aromatic N) is 1. The highest BCUT2D eigenvalue weighted by Gasteiger charge is 2.27. The fourth-order valence-corrected chi connectivity index (χ4v) is 3.59. The van der Waals surface area contributed by atoms with Gasteiger partial charge in [0.25, 0.3) is 0 Å². The van der Waals surface area contributed by atoms with Gasteiger partial charge in [-0.1, -0.05) is 0 Å². The van der Waals surface area contributed by atoms with Crippen LogP contribution in [0.5, 0.6) is 5.75 Å². The first-order chi connectivity index (χ1) is 11.3. The summed E-state index contributed by atoms with van der Waals surface area (Å²) in [6.45, 7) is 13.6. The summed E-state index contributed by atoms with van der Waals surface area (Å²) in [5.41, 5.74) is 2.46. The first-order valence-corrected chi connectivity index (χ1v) is 9.00. The molecule has 2 unspecified atom stereocenters. The summed E-state index contributed by atoms with van der Waals surface area (Å²) < 4.78 is 11.3. The van der Waals surface area contributed by atoms with Crippen LogP contribution >= 0.6 is 0 Å². The number of carbonyl (C=O) groups is 1. The molecule has 0 spiro atoms. The molecule has 0 saturated carbocycles. The second-order valence-electron chi connectivity index (χ2n) is 7.25. The van der Waals surface area contributed by atoms with Gasteiger partial charge in [-0.25, -0.2) is 4.79 Å². The molecule has 0 radical (unpaired) electrons. The van der Waals surface area contributed by atoms with Gasteiger partial charge >= 0.3 is 5.97 Å². The van der Waals surface area contributed by atoms with Crippen molar-refractivity contribution in [2.24, 2.45) is 0 Å². The van der Waals surface area contributed by atoms with Crippen LogP contribution in [-0.2, 0) is 4.74 Å². The molecule has 1 saturated heterocycles. The molecule has 24 heavy (non-hydrogen) atoms. The van der Waals surface area contributed by atoms with Crippen molar-refractivity contribution in [1.29, 1.82) is 0 Å². The molecule has 0 bridgehead atoms. The highest BCUT2D eigenvalue weighted by Crippen LogP contribution is 2.25. The third-order valence-electron chi connectivity index (χ3n) is 4.80. The first-order valence-electron chi connectivity index (χ1n) is 9.00. The Labute approximate surface area is 146 Å². The summed E-state index contributed by atoms with van der Waals surface area (Å²) in [6.07, 6.45) is 2.57. The predicted molar refractivity (Wildman–Crippen MR) is 96.8 cm³/mol. The van der Waals surface area contributed by atoms with Crippen LogP contribution in [0.2, 0.25) is 0 Å². The van der Waals surface area contributed by atoms with Gasteiger partial charge in [-0.3, -0.25) is 4.90 Å². The van der Waals surface area contributed by atoms with Crippen LogP contribution in [0.4, 0.5) is 0 Å². The molecular weight excluding hydrogens is 302 g/mol. The zero-order valence-electron chi connectivity index (χ0n) is 15.9. The SMILES string of the molecule is Cc1cc(OC(C)C)cc(C)c1C(=O)OCCN1C(C)CCC1C. The van der Waals surface area contributed by atoms with Crippen LogP contribution in [0.25, 0.3) is 0 Å². The summed E-state index contributed by atoms with van der Waals surface area (Å²) in [5, 5.41) is 0. The molecule has 1 aliphatic rings. The lowest BCUT2D eigenvalue weighted by atomic mass is 10.0. The molecule has 1 aromatic carbocycles. The molecule has 134 valence electrons. The summed E-state index contributed by atoms with van der Waals surface area (Å²) >= 11 is 0. The molecule has 2 atom stereocenters. The molecule has 4 heteroatoms. The first kappa shape index (κ1) is 18.8. The third-order valence-corrected chi connectivity index (χ3v) is 4.80. The monoisotopic (exact) mass is 333 g/mol. The van der Waals surface area contributed by atoms with Crippen LogP contribution in [0, 0.1) is 13.8 Å². The maximum absolute atomic E-state index is 12.5. The van der Waals surface area contributed by atoms with Crippen molar-refractivity contribution < 1.29 is 14.3 Å². The summed E-state index contributed by atoms with van der Waals surface area (Å²) in [4.78, 5) is 14.9. The lowest BCUT2D eigenvalue weighted by molar-refractivity contribution is 0.0437. The Balaban J connectivity index is 1.97. The van der Waals surface area contributed by atoms with Crippen molar-refractivity contribution in [1.82, 2.24) is 4.90 Å². The van der Waals surface area contributed by atoms with Crippen molar-refractivity contribution in [3.05, 3.63) is 28.8 Å². The van der Waals surface area contributed by atoms with Gasteiger partial charge in [0.05, 0.1) is 11.7 Å². The van der Waals surface area contributed by atoms with Gasteiger partial charge in [0, 0.05) is 18.6 Å². The van der Waals surface area contributed by atoms with Crippen LogP contribution in [0.1, 0.15) is 62.0 Å². The fraction of sp³-hybridized carbons (Fsp3) is 0.650. The average Bonchev–Trinajstić information content (AvgIpc) is 2.77. The maximum Gasteiger partial charge on any atom is 0.338 e. The highest BCUT2D eigenvalue weighted by molar-refractivity contribution is 5.93. The Hall–Kier alpha value is -1.55. The summed E-state index contributed by atoms with van der Waals surface area (Å²) in [5.74, 6) is 0.567. The van der Waals surface area contributed by atoms with Gasteiger partial charge in [-0.15, -0.1) is 0 Å². The molecule has 1 aliphatic heterocycles. The smallest absolute Gasteiger partial charge is 0.338 e. The summed E-state index contributed by atoms with van der Waals surface area (Å²) in [6, 6.07) is 4.98. The zero-order chi connectivity index (χ0) is 17.9. The maximum atomic E-state index is 12.5. The number of hydrogen-bond acceptors (Lipinski definition) is 4. The van der Waals surface area contributed by atoms with Crippen molar-refractivity contribution in [2.45, 2.75) is 72.6 Å². The van der Waals surface area contributed by atoms with Gasteiger partial charge in [-0.2, -0.15) is 0 Å². The van der Waals surface area contributed by atoms with Crippen molar-refractivity contribution in [3.63, 3.8) is 0 Å². The van der Waals surface area contributed by atoms with E-state index < -0.39 is 0 Å². The number of hydrogen-bond donors (Lipinski definition) is 0. The number of likely N-dealkylation sites (tertiary alicyclic amines) is 1. The third kappa shape index (κ3) is 4.50.